The van der Waals surface area contributed by atoms with E-state index >= 15 is 0 Å². The van der Waals surface area contributed by atoms with Crippen molar-refractivity contribution < 1.29 is 14.3 Å². The summed E-state index contributed by atoms with van der Waals surface area (Å²) < 4.78 is 10.1. The topological polar surface area (TPSA) is 35.5 Å². The Hall–Kier alpha value is -1.51. The Bertz CT molecular complexity index is 294. The second-order valence-corrected chi connectivity index (χ2v) is 2.56. The highest BCUT2D eigenvalue weighted by molar-refractivity contribution is 5.53. The van der Waals surface area contributed by atoms with Crippen LogP contribution in [0, 0.1) is 6.92 Å². The van der Waals surface area contributed by atoms with E-state index in [0.29, 0.717) is 11.5 Å². The van der Waals surface area contributed by atoms with Crippen LogP contribution in [0.5, 0.6) is 11.5 Å². The van der Waals surface area contributed by atoms with Gasteiger partial charge in [-0.05, 0) is 18.6 Å². The van der Waals surface area contributed by atoms with Gasteiger partial charge in [0.25, 0.3) is 0 Å². The van der Waals surface area contributed by atoms with Crippen LogP contribution in [-0.2, 0) is 4.79 Å². The molecule has 0 aromatic heterocycles. The summed E-state index contributed by atoms with van der Waals surface area (Å²) in [5, 5.41) is 0. The number of hydrogen-bond donors (Lipinski definition) is 0. The van der Waals surface area contributed by atoms with Crippen molar-refractivity contribution in [3.63, 3.8) is 0 Å². The third-order valence-electron chi connectivity index (χ3n) is 1.68. The van der Waals surface area contributed by atoms with Crippen LogP contribution >= 0.6 is 0 Å². The van der Waals surface area contributed by atoms with E-state index in [-0.39, 0.29) is 6.61 Å². The Balaban J connectivity index is 2.83. The molecule has 1 radical (unpaired) electrons. The number of benzene rings is 1. The summed E-state index contributed by atoms with van der Waals surface area (Å²) in [5.41, 5.74) is 0.969. The fourth-order valence-corrected chi connectivity index (χ4v) is 0.970. The lowest BCUT2D eigenvalue weighted by Gasteiger charge is -2.07. The van der Waals surface area contributed by atoms with Crippen molar-refractivity contribution in [2.24, 2.45) is 0 Å². The van der Waals surface area contributed by atoms with Gasteiger partial charge in [-0.3, -0.25) is 4.79 Å². The van der Waals surface area contributed by atoms with E-state index in [1.165, 1.54) is 0 Å². The Morgan fingerprint density at radius 1 is 1.46 bits per heavy atom. The summed E-state index contributed by atoms with van der Waals surface area (Å²) in [6, 6.07) is 5.46. The van der Waals surface area contributed by atoms with E-state index in [4.69, 9.17) is 9.47 Å². The highest BCUT2D eigenvalue weighted by Gasteiger charge is 2.00. The molecule has 69 valence electrons. The smallest absolute Gasteiger partial charge is 0.239 e. The lowest BCUT2D eigenvalue weighted by atomic mass is 10.2. The maximum atomic E-state index is 9.96. The molecule has 0 fully saturated rings. The summed E-state index contributed by atoms with van der Waals surface area (Å²) >= 11 is 0. The number of hydrogen-bond acceptors (Lipinski definition) is 3. The van der Waals surface area contributed by atoms with Crippen molar-refractivity contribution in [3.05, 3.63) is 23.8 Å². The quantitative estimate of drug-likeness (QED) is 0.702. The van der Waals surface area contributed by atoms with E-state index in [9.17, 15) is 4.79 Å². The minimum Gasteiger partial charge on any atom is -0.497 e. The summed E-state index contributed by atoms with van der Waals surface area (Å²) in [6.07, 6.45) is 1.67. The molecule has 0 aliphatic carbocycles. The first-order chi connectivity index (χ1) is 6.27. The molecular weight excluding hydrogens is 168 g/mol. The Morgan fingerprint density at radius 3 is 2.85 bits per heavy atom. The van der Waals surface area contributed by atoms with Crippen molar-refractivity contribution in [1.82, 2.24) is 0 Å². The van der Waals surface area contributed by atoms with Gasteiger partial charge in [0.15, 0.2) is 6.61 Å². The first-order valence-corrected chi connectivity index (χ1v) is 3.90. The van der Waals surface area contributed by atoms with Crippen molar-refractivity contribution in [2.45, 2.75) is 6.92 Å². The van der Waals surface area contributed by atoms with Gasteiger partial charge in [0.1, 0.15) is 11.5 Å². The molecule has 0 unspecified atom stereocenters. The maximum absolute atomic E-state index is 9.96. The summed E-state index contributed by atoms with van der Waals surface area (Å²) in [5.74, 6) is 1.37. The van der Waals surface area contributed by atoms with Crippen molar-refractivity contribution in [3.8, 4) is 11.5 Å². The van der Waals surface area contributed by atoms with Crippen molar-refractivity contribution in [2.75, 3.05) is 13.7 Å². The zero-order valence-electron chi connectivity index (χ0n) is 7.66. The molecule has 1 aromatic carbocycles. The van der Waals surface area contributed by atoms with Crippen LogP contribution in [0.3, 0.4) is 0 Å². The van der Waals surface area contributed by atoms with Crippen LogP contribution in [0.15, 0.2) is 18.2 Å². The summed E-state index contributed by atoms with van der Waals surface area (Å²) in [4.78, 5) is 9.96. The number of carbonyl (C=O) groups excluding carboxylic acids is 1. The molecule has 1 rings (SSSR count). The van der Waals surface area contributed by atoms with Crippen LogP contribution < -0.4 is 9.47 Å². The Morgan fingerprint density at radius 2 is 2.23 bits per heavy atom. The van der Waals surface area contributed by atoms with Crippen LogP contribution in [0.1, 0.15) is 5.56 Å². The minimum atomic E-state index is -0.0476. The lowest BCUT2D eigenvalue weighted by Crippen LogP contribution is -1.99. The second kappa shape index (κ2) is 4.50. The number of aryl methyl sites for hydroxylation is 1. The van der Waals surface area contributed by atoms with Gasteiger partial charge in [0.2, 0.25) is 6.29 Å². The molecule has 0 saturated carbocycles. The number of rotatable bonds is 4. The standard InChI is InChI=1S/C10H11O3/c1-8-3-4-9(12-2)7-10(8)13-6-5-11/h3-4,7H,6H2,1-2H3. The molecule has 3 nitrogen and oxygen atoms in total. The van der Waals surface area contributed by atoms with Gasteiger partial charge in [-0.1, -0.05) is 6.07 Å². The highest BCUT2D eigenvalue weighted by Crippen LogP contribution is 2.23. The summed E-state index contributed by atoms with van der Waals surface area (Å²) in [7, 11) is 1.58. The highest BCUT2D eigenvalue weighted by atomic mass is 16.5. The normalized spacial score (nSPS) is 9.38. The van der Waals surface area contributed by atoms with Gasteiger partial charge in [0.05, 0.1) is 7.11 Å². The SMILES string of the molecule is COc1ccc(C)c(OC[C]=O)c1. The van der Waals surface area contributed by atoms with Crippen LogP contribution in [0.4, 0.5) is 0 Å². The van der Waals surface area contributed by atoms with Crippen LogP contribution in [0.2, 0.25) is 0 Å². The van der Waals surface area contributed by atoms with E-state index in [1.807, 2.05) is 19.1 Å². The molecule has 0 aliphatic rings. The second-order valence-electron chi connectivity index (χ2n) is 2.56. The molecule has 0 spiro atoms. The molecule has 0 aliphatic heterocycles. The van der Waals surface area contributed by atoms with Gasteiger partial charge < -0.3 is 9.47 Å². The fourth-order valence-electron chi connectivity index (χ4n) is 0.970. The van der Waals surface area contributed by atoms with E-state index in [2.05, 4.69) is 0 Å². The van der Waals surface area contributed by atoms with Crippen LogP contribution in [0.25, 0.3) is 0 Å². The van der Waals surface area contributed by atoms with Gasteiger partial charge in [-0.25, -0.2) is 0 Å². The fraction of sp³-hybridized carbons (Fsp3) is 0.300. The molecule has 3 heteroatoms. The average Bonchev–Trinajstić information content (AvgIpc) is 2.17. The monoisotopic (exact) mass is 179 g/mol. The number of methoxy groups -OCH3 is 1. The molecule has 0 bridgehead atoms. The Kier molecular flexibility index (Phi) is 3.31. The predicted octanol–water partition coefficient (Wildman–Crippen LogP) is 1.49. The molecule has 0 amide bonds. The predicted molar refractivity (Wildman–Crippen MR) is 48.9 cm³/mol. The molecule has 0 saturated heterocycles. The summed E-state index contributed by atoms with van der Waals surface area (Å²) in [6.45, 7) is 1.85. The Labute approximate surface area is 77.3 Å². The first-order valence-electron chi connectivity index (χ1n) is 3.90. The molecule has 0 heterocycles. The third-order valence-corrected chi connectivity index (χ3v) is 1.68. The van der Waals surface area contributed by atoms with E-state index in [0.717, 1.165) is 5.56 Å². The molecular formula is C10H11O3. The molecule has 0 atom stereocenters. The average molecular weight is 179 g/mol. The molecule has 0 N–H and O–H groups in total. The number of ether oxygens (including phenoxy) is 2. The maximum Gasteiger partial charge on any atom is 0.239 e. The van der Waals surface area contributed by atoms with Gasteiger partial charge in [0, 0.05) is 6.07 Å². The lowest BCUT2D eigenvalue weighted by molar-refractivity contribution is 0.356. The van der Waals surface area contributed by atoms with Crippen molar-refractivity contribution in [1.29, 1.82) is 0 Å². The van der Waals surface area contributed by atoms with Crippen LogP contribution in [-0.4, -0.2) is 20.0 Å². The van der Waals surface area contributed by atoms with Crippen molar-refractivity contribution >= 4 is 6.29 Å². The van der Waals surface area contributed by atoms with Gasteiger partial charge in [-0.2, -0.15) is 0 Å². The van der Waals surface area contributed by atoms with Gasteiger partial charge >= 0.3 is 0 Å². The molecule has 1 aromatic rings. The first kappa shape index (κ1) is 9.58. The minimum absolute atomic E-state index is 0.0476. The van der Waals surface area contributed by atoms with Gasteiger partial charge in [-0.15, -0.1) is 0 Å². The largest absolute Gasteiger partial charge is 0.497 e. The van der Waals surface area contributed by atoms with E-state index in [1.54, 1.807) is 19.5 Å². The zero-order valence-corrected chi connectivity index (χ0v) is 7.66. The molecule has 13 heavy (non-hydrogen) atoms. The zero-order chi connectivity index (χ0) is 9.68. The van der Waals surface area contributed by atoms with E-state index < -0.39 is 0 Å². The third kappa shape index (κ3) is 2.47.